The van der Waals surface area contributed by atoms with E-state index in [1.54, 1.807) is 11.3 Å². The van der Waals surface area contributed by atoms with E-state index in [0.717, 1.165) is 32.2 Å². The molecular formula is C15H25NO2S. The minimum absolute atomic E-state index is 0.136. The van der Waals surface area contributed by atoms with Crippen molar-refractivity contribution in [2.24, 2.45) is 0 Å². The average Bonchev–Trinajstić information content (AvgIpc) is 2.90. The lowest BCUT2D eigenvalue weighted by Gasteiger charge is -2.28. The number of thiophene rings is 1. The molecule has 0 amide bonds. The van der Waals surface area contributed by atoms with E-state index < -0.39 is 5.54 Å². The first kappa shape index (κ1) is 16.2. The molecule has 0 bridgehead atoms. The summed E-state index contributed by atoms with van der Waals surface area (Å²) in [6.07, 6.45) is 4.17. The van der Waals surface area contributed by atoms with Gasteiger partial charge in [-0.25, -0.2) is 0 Å². The molecular weight excluding hydrogens is 258 g/mol. The van der Waals surface area contributed by atoms with Gasteiger partial charge < -0.3 is 4.74 Å². The zero-order valence-electron chi connectivity index (χ0n) is 12.2. The molecule has 0 aliphatic carbocycles. The van der Waals surface area contributed by atoms with Gasteiger partial charge in [0.25, 0.3) is 0 Å². The maximum atomic E-state index is 12.1. The Balaban J connectivity index is 2.59. The van der Waals surface area contributed by atoms with Crippen LogP contribution in [0, 0.1) is 0 Å². The van der Waals surface area contributed by atoms with Crippen LogP contribution in [0.1, 0.15) is 51.3 Å². The first-order chi connectivity index (χ1) is 9.12. The molecule has 0 fully saturated rings. The number of hydrogen-bond acceptors (Lipinski definition) is 4. The number of nitrogens with one attached hydrogen (secondary N) is 1. The number of carbonyl (C=O) groups is 1. The van der Waals surface area contributed by atoms with Crippen molar-refractivity contribution in [1.82, 2.24) is 5.32 Å². The van der Waals surface area contributed by atoms with E-state index in [1.165, 1.54) is 4.88 Å². The molecule has 1 rings (SSSR count). The molecule has 1 heterocycles. The molecule has 108 valence electrons. The molecule has 1 atom stereocenters. The highest BCUT2D eigenvalue weighted by Gasteiger charge is 2.33. The minimum Gasteiger partial charge on any atom is -0.465 e. The Hall–Kier alpha value is -0.870. The molecule has 0 radical (unpaired) electrons. The number of carbonyl (C=O) groups excluding carboxylic acids is 1. The van der Waals surface area contributed by atoms with Gasteiger partial charge in [0.05, 0.1) is 6.61 Å². The summed E-state index contributed by atoms with van der Waals surface area (Å²) in [7, 11) is 0. The molecule has 3 nitrogen and oxygen atoms in total. The second-order valence-corrected chi connectivity index (χ2v) is 5.97. The van der Waals surface area contributed by atoms with E-state index in [2.05, 4.69) is 23.7 Å². The lowest BCUT2D eigenvalue weighted by atomic mass is 9.94. The topological polar surface area (TPSA) is 38.3 Å². The molecule has 0 saturated carbocycles. The Morgan fingerprint density at radius 2 is 2.21 bits per heavy atom. The molecule has 1 aromatic heterocycles. The quantitative estimate of drug-likeness (QED) is 0.554. The van der Waals surface area contributed by atoms with Crippen LogP contribution < -0.4 is 5.32 Å². The van der Waals surface area contributed by atoms with E-state index in [1.807, 2.05) is 19.9 Å². The van der Waals surface area contributed by atoms with Crippen molar-refractivity contribution in [3.8, 4) is 0 Å². The van der Waals surface area contributed by atoms with Crippen molar-refractivity contribution in [2.45, 2.75) is 58.5 Å². The monoisotopic (exact) mass is 283 g/mol. The fraction of sp³-hybridized carbons (Fsp3) is 0.667. The van der Waals surface area contributed by atoms with Crippen LogP contribution in [0.15, 0.2) is 17.5 Å². The third kappa shape index (κ3) is 5.33. The predicted octanol–water partition coefficient (Wildman–Crippen LogP) is 3.74. The van der Waals surface area contributed by atoms with Crippen LogP contribution in [0.5, 0.6) is 0 Å². The Morgan fingerprint density at radius 1 is 1.42 bits per heavy atom. The van der Waals surface area contributed by atoms with Gasteiger partial charge in [-0.2, -0.15) is 0 Å². The summed E-state index contributed by atoms with van der Waals surface area (Å²) in [6, 6.07) is 4.11. The zero-order chi connectivity index (χ0) is 14.1. The number of ether oxygens (including phenoxy) is 1. The number of esters is 1. The first-order valence-electron chi connectivity index (χ1n) is 7.07. The molecule has 0 aliphatic rings. The molecule has 0 aromatic carbocycles. The second-order valence-electron chi connectivity index (χ2n) is 4.94. The van der Waals surface area contributed by atoms with E-state index >= 15 is 0 Å². The van der Waals surface area contributed by atoms with Gasteiger partial charge in [0, 0.05) is 11.4 Å². The second kappa shape index (κ2) is 8.33. The number of unbranched alkanes of at least 4 members (excludes halogenated alkanes) is 2. The van der Waals surface area contributed by atoms with Crippen molar-refractivity contribution in [2.75, 3.05) is 6.61 Å². The summed E-state index contributed by atoms with van der Waals surface area (Å²) in [5.74, 6) is -0.136. The van der Waals surface area contributed by atoms with Gasteiger partial charge in [-0.1, -0.05) is 32.3 Å². The third-order valence-corrected chi connectivity index (χ3v) is 4.12. The maximum Gasteiger partial charge on any atom is 0.326 e. The number of hydrogen-bond donors (Lipinski definition) is 1. The van der Waals surface area contributed by atoms with Gasteiger partial charge in [-0.15, -0.1) is 11.3 Å². The van der Waals surface area contributed by atoms with Crippen LogP contribution in [-0.4, -0.2) is 18.1 Å². The van der Waals surface area contributed by atoms with Crippen molar-refractivity contribution < 1.29 is 9.53 Å². The Bertz CT molecular complexity index is 364. The minimum atomic E-state index is -0.574. The fourth-order valence-electron chi connectivity index (χ4n) is 1.98. The predicted molar refractivity (Wildman–Crippen MR) is 80.3 cm³/mol. The normalized spacial score (nSPS) is 14.1. The Kier molecular flexibility index (Phi) is 7.10. The summed E-state index contributed by atoms with van der Waals surface area (Å²) < 4.78 is 5.21. The standard InChI is InChI=1S/C15H25NO2S/c1-4-6-7-10-15(3,14(17)18-5-2)16-12-13-9-8-11-19-13/h8-9,11,16H,4-7,10,12H2,1-3H3. The van der Waals surface area contributed by atoms with Crippen LogP contribution in [0.3, 0.4) is 0 Å². The van der Waals surface area contributed by atoms with E-state index in [4.69, 9.17) is 4.74 Å². The van der Waals surface area contributed by atoms with Crippen molar-refractivity contribution >= 4 is 17.3 Å². The van der Waals surface area contributed by atoms with Gasteiger partial charge >= 0.3 is 5.97 Å². The number of rotatable bonds is 9. The highest BCUT2D eigenvalue weighted by atomic mass is 32.1. The SMILES string of the molecule is CCCCCC(C)(NCc1cccs1)C(=O)OCC. The van der Waals surface area contributed by atoms with Gasteiger partial charge in [0.2, 0.25) is 0 Å². The summed E-state index contributed by atoms with van der Waals surface area (Å²) in [5.41, 5.74) is -0.574. The third-order valence-electron chi connectivity index (χ3n) is 3.24. The van der Waals surface area contributed by atoms with Gasteiger partial charge in [-0.3, -0.25) is 10.1 Å². The molecule has 4 heteroatoms. The van der Waals surface area contributed by atoms with Gasteiger partial charge in [0.15, 0.2) is 0 Å². The lowest BCUT2D eigenvalue weighted by molar-refractivity contribution is -0.151. The Morgan fingerprint density at radius 3 is 2.79 bits per heavy atom. The molecule has 0 saturated heterocycles. The van der Waals surface area contributed by atoms with E-state index in [-0.39, 0.29) is 5.97 Å². The highest BCUT2D eigenvalue weighted by molar-refractivity contribution is 7.09. The zero-order valence-corrected chi connectivity index (χ0v) is 13.0. The van der Waals surface area contributed by atoms with Crippen LogP contribution in [-0.2, 0) is 16.1 Å². The first-order valence-corrected chi connectivity index (χ1v) is 7.95. The van der Waals surface area contributed by atoms with Crippen LogP contribution >= 0.6 is 11.3 Å². The van der Waals surface area contributed by atoms with Gasteiger partial charge in [-0.05, 0) is 31.7 Å². The summed E-state index contributed by atoms with van der Waals surface area (Å²) in [4.78, 5) is 13.4. The summed E-state index contributed by atoms with van der Waals surface area (Å²) >= 11 is 1.70. The van der Waals surface area contributed by atoms with E-state index in [0.29, 0.717) is 6.61 Å². The molecule has 19 heavy (non-hydrogen) atoms. The largest absolute Gasteiger partial charge is 0.465 e. The van der Waals surface area contributed by atoms with Crippen molar-refractivity contribution in [3.05, 3.63) is 22.4 Å². The molecule has 1 aromatic rings. The van der Waals surface area contributed by atoms with Crippen LogP contribution in [0.4, 0.5) is 0 Å². The molecule has 0 spiro atoms. The van der Waals surface area contributed by atoms with Gasteiger partial charge in [0.1, 0.15) is 5.54 Å². The summed E-state index contributed by atoms with van der Waals surface area (Å²) in [5, 5.41) is 5.43. The molecule has 0 aliphatic heterocycles. The van der Waals surface area contributed by atoms with Crippen molar-refractivity contribution in [1.29, 1.82) is 0 Å². The summed E-state index contributed by atoms with van der Waals surface area (Å²) in [6.45, 7) is 7.13. The van der Waals surface area contributed by atoms with Crippen LogP contribution in [0.2, 0.25) is 0 Å². The maximum absolute atomic E-state index is 12.1. The Labute approximate surface area is 120 Å². The van der Waals surface area contributed by atoms with E-state index in [9.17, 15) is 4.79 Å². The van der Waals surface area contributed by atoms with Crippen LogP contribution in [0.25, 0.3) is 0 Å². The lowest BCUT2D eigenvalue weighted by Crippen LogP contribution is -2.50. The smallest absolute Gasteiger partial charge is 0.326 e. The molecule has 1 N–H and O–H groups in total. The van der Waals surface area contributed by atoms with Crippen molar-refractivity contribution in [3.63, 3.8) is 0 Å². The molecule has 1 unspecified atom stereocenters. The fourth-order valence-corrected chi connectivity index (χ4v) is 2.62. The highest BCUT2D eigenvalue weighted by Crippen LogP contribution is 2.19. The average molecular weight is 283 g/mol.